The molecule has 0 radical (unpaired) electrons. The van der Waals surface area contributed by atoms with E-state index in [9.17, 15) is 4.79 Å². The molecule has 0 aliphatic rings. The molecule has 1 aromatic carbocycles. The Labute approximate surface area is 132 Å². The average Bonchev–Trinajstić information content (AvgIpc) is 3.00. The van der Waals surface area contributed by atoms with Crippen LogP contribution in [0.3, 0.4) is 0 Å². The number of hydrogen-bond donors (Lipinski definition) is 1. The van der Waals surface area contributed by atoms with Crippen LogP contribution in [-0.2, 0) is 11.2 Å². The van der Waals surface area contributed by atoms with Crippen molar-refractivity contribution in [1.82, 2.24) is 10.2 Å². The molecule has 2 rings (SSSR count). The number of rotatable bonds is 6. The Morgan fingerprint density at radius 3 is 2.68 bits per heavy atom. The van der Waals surface area contributed by atoms with E-state index in [1.807, 2.05) is 13.0 Å². The molecule has 1 N–H and O–H groups in total. The van der Waals surface area contributed by atoms with Crippen LogP contribution in [-0.4, -0.2) is 30.3 Å². The Morgan fingerprint density at radius 2 is 2.05 bits per heavy atom. The Hall–Kier alpha value is -2.41. The van der Waals surface area contributed by atoms with E-state index < -0.39 is 0 Å². The minimum absolute atomic E-state index is 0.256. The molecule has 0 aliphatic heterocycles. The fraction of sp³-hybridized carbons (Fsp3) is 0.267. The maximum absolute atomic E-state index is 11.8. The van der Waals surface area contributed by atoms with Gasteiger partial charge in [0.15, 0.2) is 11.5 Å². The van der Waals surface area contributed by atoms with E-state index >= 15 is 0 Å². The third kappa shape index (κ3) is 4.05. The summed E-state index contributed by atoms with van der Waals surface area (Å²) in [7, 11) is 3.15. The van der Waals surface area contributed by atoms with Crippen molar-refractivity contribution in [1.29, 1.82) is 0 Å². The van der Waals surface area contributed by atoms with Crippen LogP contribution in [0.15, 0.2) is 24.3 Å². The van der Waals surface area contributed by atoms with Crippen molar-refractivity contribution in [2.45, 2.75) is 13.3 Å². The van der Waals surface area contributed by atoms with Crippen molar-refractivity contribution in [3.63, 3.8) is 0 Å². The summed E-state index contributed by atoms with van der Waals surface area (Å²) in [6.45, 7) is 1.99. The number of aryl methyl sites for hydroxylation is 1. The second kappa shape index (κ2) is 7.56. The van der Waals surface area contributed by atoms with E-state index in [0.29, 0.717) is 16.6 Å². The Balaban J connectivity index is 2.02. The number of nitrogens with one attached hydrogen (secondary N) is 1. The number of benzene rings is 1. The van der Waals surface area contributed by atoms with Gasteiger partial charge in [0.1, 0.15) is 5.01 Å². The number of carbonyl (C=O) groups is 1. The molecule has 1 heterocycles. The predicted molar refractivity (Wildman–Crippen MR) is 86.5 cm³/mol. The summed E-state index contributed by atoms with van der Waals surface area (Å²) < 4.78 is 10.4. The maximum Gasteiger partial charge on any atom is 0.250 e. The minimum atomic E-state index is -0.256. The van der Waals surface area contributed by atoms with E-state index in [1.54, 1.807) is 32.4 Å². The highest BCUT2D eigenvalue weighted by atomic mass is 32.1. The zero-order chi connectivity index (χ0) is 15.9. The molecular formula is C15H17N3O3S. The molecule has 0 spiro atoms. The van der Waals surface area contributed by atoms with E-state index in [1.165, 1.54) is 17.4 Å². The molecule has 7 heteroatoms. The first kappa shape index (κ1) is 16.0. The van der Waals surface area contributed by atoms with Gasteiger partial charge in [-0.3, -0.25) is 10.1 Å². The summed E-state index contributed by atoms with van der Waals surface area (Å²) >= 11 is 1.37. The fourth-order valence-electron chi connectivity index (χ4n) is 1.72. The summed E-state index contributed by atoms with van der Waals surface area (Å²) in [5.74, 6) is 1.00. The molecule has 6 nitrogen and oxygen atoms in total. The van der Waals surface area contributed by atoms with Gasteiger partial charge in [-0.2, -0.15) is 0 Å². The molecule has 0 fully saturated rings. The molecule has 0 unspecified atom stereocenters. The van der Waals surface area contributed by atoms with Crippen LogP contribution in [0.25, 0.3) is 6.08 Å². The Morgan fingerprint density at radius 1 is 1.27 bits per heavy atom. The minimum Gasteiger partial charge on any atom is -0.493 e. The maximum atomic E-state index is 11.8. The highest BCUT2D eigenvalue weighted by molar-refractivity contribution is 7.15. The lowest BCUT2D eigenvalue weighted by Gasteiger charge is -2.07. The number of ether oxygens (including phenoxy) is 2. The Bertz CT molecular complexity index is 682. The zero-order valence-corrected chi connectivity index (χ0v) is 13.4. The first-order valence-electron chi connectivity index (χ1n) is 6.69. The number of nitrogens with zero attached hydrogens (tertiary/aromatic N) is 2. The quantitative estimate of drug-likeness (QED) is 0.829. The number of hydrogen-bond acceptors (Lipinski definition) is 6. The van der Waals surface area contributed by atoms with Crippen LogP contribution in [0.2, 0.25) is 0 Å². The summed E-state index contributed by atoms with van der Waals surface area (Å²) in [5.41, 5.74) is 0.833. The van der Waals surface area contributed by atoms with Gasteiger partial charge in [-0.05, 0) is 30.2 Å². The van der Waals surface area contributed by atoms with Crippen LogP contribution in [0.5, 0.6) is 11.5 Å². The van der Waals surface area contributed by atoms with Crippen molar-refractivity contribution in [3.05, 3.63) is 34.8 Å². The highest BCUT2D eigenvalue weighted by Crippen LogP contribution is 2.28. The molecule has 2 aromatic rings. The van der Waals surface area contributed by atoms with Crippen LogP contribution in [0.1, 0.15) is 17.5 Å². The average molecular weight is 319 g/mol. The van der Waals surface area contributed by atoms with E-state index in [2.05, 4.69) is 15.5 Å². The van der Waals surface area contributed by atoms with E-state index in [0.717, 1.165) is 17.0 Å². The smallest absolute Gasteiger partial charge is 0.250 e. The van der Waals surface area contributed by atoms with Gasteiger partial charge in [-0.15, -0.1) is 10.2 Å². The van der Waals surface area contributed by atoms with Crippen molar-refractivity contribution in [2.75, 3.05) is 19.5 Å². The number of anilines is 1. The summed E-state index contributed by atoms with van der Waals surface area (Å²) in [6.07, 6.45) is 3.93. The van der Waals surface area contributed by atoms with Crippen molar-refractivity contribution < 1.29 is 14.3 Å². The summed E-state index contributed by atoms with van der Waals surface area (Å²) in [4.78, 5) is 11.8. The molecule has 0 saturated carbocycles. The van der Waals surface area contributed by atoms with Crippen LogP contribution < -0.4 is 14.8 Å². The van der Waals surface area contributed by atoms with Gasteiger partial charge < -0.3 is 9.47 Å². The van der Waals surface area contributed by atoms with E-state index in [-0.39, 0.29) is 5.91 Å². The standard InChI is InChI=1S/C15H17N3O3S/c1-4-14-17-18-15(22-14)16-13(19)8-6-10-5-7-11(20-2)12(9-10)21-3/h5-9H,4H2,1-3H3,(H,16,18,19)/b8-6+. The number of methoxy groups -OCH3 is 2. The molecule has 116 valence electrons. The molecule has 0 aliphatic carbocycles. The summed E-state index contributed by atoms with van der Waals surface area (Å²) in [6, 6.07) is 5.42. The number of carbonyl (C=O) groups excluding carboxylic acids is 1. The predicted octanol–water partition coefficient (Wildman–Crippen LogP) is 2.77. The second-order valence-corrected chi connectivity index (χ2v) is 5.35. The fourth-order valence-corrected chi connectivity index (χ4v) is 2.40. The lowest BCUT2D eigenvalue weighted by atomic mass is 10.2. The highest BCUT2D eigenvalue weighted by Gasteiger charge is 2.06. The number of amides is 1. The van der Waals surface area contributed by atoms with Gasteiger partial charge in [0.05, 0.1) is 14.2 Å². The van der Waals surface area contributed by atoms with Gasteiger partial charge in [-0.25, -0.2) is 0 Å². The summed E-state index contributed by atoms with van der Waals surface area (Å²) in [5, 5.41) is 11.9. The SMILES string of the molecule is CCc1nnc(NC(=O)/C=C/c2ccc(OC)c(OC)c2)s1. The normalized spacial score (nSPS) is 10.7. The largest absolute Gasteiger partial charge is 0.493 e. The van der Waals surface area contributed by atoms with Crippen molar-refractivity contribution >= 4 is 28.5 Å². The van der Waals surface area contributed by atoms with Gasteiger partial charge >= 0.3 is 0 Å². The van der Waals surface area contributed by atoms with Gasteiger partial charge in [0.2, 0.25) is 11.0 Å². The third-order valence-electron chi connectivity index (χ3n) is 2.83. The van der Waals surface area contributed by atoms with Gasteiger partial charge in [0.25, 0.3) is 0 Å². The first-order valence-corrected chi connectivity index (χ1v) is 7.51. The molecule has 22 heavy (non-hydrogen) atoms. The van der Waals surface area contributed by atoms with Crippen LogP contribution in [0, 0.1) is 0 Å². The molecule has 1 aromatic heterocycles. The molecule has 0 saturated heterocycles. The first-order chi connectivity index (χ1) is 10.7. The molecule has 1 amide bonds. The molecular weight excluding hydrogens is 302 g/mol. The topological polar surface area (TPSA) is 73.3 Å². The van der Waals surface area contributed by atoms with E-state index in [4.69, 9.17) is 9.47 Å². The number of aromatic nitrogens is 2. The molecule has 0 atom stereocenters. The second-order valence-electron chi connectivity index (χ2n) is 4.29. The lowest BCUT2D eigenvalue weighted by Crippen LogP contribution is -2.07. The van der Waals surface area contributed by atoms with Crippen LogP contribution in [0.4, 0.5) is 5.13 Å². The van der Waals surface area contributed by atoms with Gasteiger partial charge in [0, 0.05) is 6.08 Å². The van der Waals surface area contributed by atoms with Gasteiger partial charge in [-0.1, -0.05) is 24.3 Å². The van der Waals surface area contributed by atoms with Crippen molar-refractivity contribution in [3.8, 4) is 11.5 Å². The Kier molecular flexibility index (Phi) is 5.48. The van der Waals surface area contributed by atoms with Crippen LogP contribution >= 0.6 is 11.3 Å². The zero-order valence-electron chi connectivity index (χ0n) is 12.6. The monoisotopic (exact) mass is 319 g/mol. The third-order valence-corrected chi connectivity index (χ3v) is 3.82. The van der Waals surface area contributed by atoms with Crippen molar-refractivity contribution in [2.24, 2.45) is 0 Å². The lowest BCUT2D eigenvalue weighted by molar-refractivity contribution is -0.111. The molecule has 0 bridgehead atoms.